The van der Waals surface area contributed by atoms with Crippen LogP contribution < -0.4 is 10.5 Å². The first kappa shape index (κ1) is 13.6. The zero-order valence-corrected chi connectivity index (χ0v) is 10.9. The van der Waals surface area contributed by atoms with Crippen LogP contribution in [0.25, 0.3) is 0 Å². The second kappa shape index (κ2) is 5.87. The largest absolute Gasteiger partial charge is 0.497 e. The van der Waals surface area contributed by atoms with Gasteiger partial charge in [0, 0.05) is 6.54 Å². The lowest BCUT2D eigenvalue weighted by molar-refractivity contribution is 0.414. The Bertz CT molecular complexity index is 675. The van der Waals surface area contributed by atoms with Crippen molar-refractivity contribution in [2.75, 3.05) is 13.7 Å². The number of benzene rings is 1. The molecular formula is C14H13N5O. The zero-order valence-electron chi connectivity index (χ0n) is 10.9. The molecule has 0 aliphatic rings. The summed E-state index contributed by atoms with van der Waals surface area (Å²) in [5, 5.41) is 18.1. The monoisotopic (exact) mass is 267 g/mol. The van der Waals surface area contributed by atoms with Crippen molar-refractivity contribution in [3.63, 3.8) is 0 Å². The first-order chi connectivity index (χ1) is 9.74. The van der Waals surface area contributed by atoms with Gasteiger partial charge in [-0.15, -0.1) is 0 Å². The number of hydrogen-bond donors (Lipinski definition) is 1. The SMILES string of the molecule is COc1ccc(C(CN)n2cnc(C#N)c2C#N)cc1. The van der Waals surface area contributed by atoms with E-state index in [1.54, 1.807) is 11.7 Å². The number of rotatable bonds is 4. The number of imidazole rings is 1. The molecule has 0 fully saturated rings. The number of nitrogens with zero attached hydrogens (tertiary/aromatic N) is 4. The van der Waals surface area contributed by atoms with Gasteiger partial charge in [-0.2, -0.15) is 10.5 Å². The molecule has 1 heterocycles. The summed E-state index contributed by atoms with van der Waals surface area (Å²) < 4.78 is 6.73. The average Bonchev–Trinajstić information content (AvgIpc) is 2.91. The van der Waals surface area contributed by atoms with E-state index < -0.39 is 0 Å². The lowest BCUT2D eigenvalue weighted by Crippen LogP contribution is -2.21. The van der Waals surface area contributed by atoms with Gasteiger partial charge in [0.05, 0.1) is 19.5 Å². The van der Waals surface area contributed by atoms with Crippen LogP contribution in [-0.2, 0) is 0 Å². The number of hydrogen-bond acceptors (Lipinski definition) is 5. The Labute approximate surface area is 116 Å². The molecule has 1 atom stereocenters. The van der Waals surface area contributed by atoms with Crippen molar-refractivity contribution in [3.05, 3.63) is 47.5 Å². The minimum absolute atomic E-state index is 0.111. The van der Waals surface area contributed by atoms with Gasteiger partial charge in [0.2, 0.25) is 0 Å². The molecule has 0 spiro atoms. The van der Waals surface area contributed by atoms with E-state index in [1.165, 1.54) is 6.33 Å². The lowest BCUT2D eigenvalue weighted by Gasteiger charge is -2.18. The smallest absolute Gasteiger partial charge is 0.176 e. The van der Waals surface area contributed by atoms with E-state index in [0.717, 1.165) is 11.3 Å². The minimum Gasteiger partial charge on any atom is -0.497 e. The number of methoxy groups -OCH3 is 1. The predicted octanol–water partition coefficient (Wildman–Crippen LogP) is 1.18. The van der Waals surface area contributed by atoms with Crippen molar-refractivity contribution in [2.45, 2.75) is 6.04 Å². The van der Waals surface area contributed by atoms with Crippen LogP contribution in [-0.4, -0.2) is 23.2 Å². The molecule has 6 nitrogen and oxygen atoms in total. The molecule has 6 heteroatoms. The lowest BCUT2D eigenvalue weighted by atomic mass is 10.1. The van der Waals surface area contributed by atoms with Crippen LogP contribution >= 0.6 is 0 Å². The molecule has 0 aliphatic heterocycles. The number of ether oxygens (including phenoxy) is 1. The molecule has 1 unspecified atom stereocenters. The summed E-state index contributed by atoms with van der Waals surface area (Å²) in [5.74, 6) is 0.744. The van der Waals surface area contributed by atoms with Crippen LogP contribution in [0.5, 0.6) is 5.75 Å². The Morgan fingerprint density at radius 1 is 1.30 bits per heavy atom. The van der Waals surface area contributed by atoms with Gasteiger partial charge in [0.15, 0.2) is 11.4 Å². The van der Waals surface area contributed by atoms with Gasteiger partial charge in [-0.25, -0.2) is 4.98 Å². The van der Waals surface area contributed by atoms with Crippen molar-refractivity contribution in [1.29, 1.82) is 10.5 Å². The topological polar surface area (TPSA) is 101 Å². The Hall–Kier alpha value is -2.83. The third-order valence-corrected chi connectivity index (χ3v) is 3.07. The molecule has 2 N–H and O–H groups in total. The van der Waals surface area contributed by atoms with Gasteiger partial charge in [-0.1, -0.05) is 12.1 Å². The maximum absolute atomic E-state index is 9.17. The van der Waals surface area contributed by atoms with E-state index in [4.69, 9.17) is 21.0 Å². The second-order valence-corrected chi connectivity index (χ2v) is 4.10. The number of nitrogens with two attached hydrogens (primary N) is 1. The zero-order chi connectivity index (χ0) is 14.5. The molecule has 0 amide bonds. The maximum Gasteiger partial charge on any atom is 0.176 e. The molecule has 1 aromatic carbocycles. The van der Waals surface area contributed by atoms with E-state index in [2.05, 4.69) is 4.98 Å². The molecule has 0 radical (unpaired) electrons. The summed E-state index contributed by atoms with van der Waals surface area (Å²) >= 11 is 0. The first-order valence-electron chi connectivity index (χ1n) is 5.96. The molecule has 2 rings (SSSR count). The summed E-state index contributed by atoms with van der Waals surface area (Å²) in [6, 6.07) is 11.1. The van der Waals surface area contributed by atoms with Crippen molar-refractivity contribution in [3.8, 4) is 17.9 Å². The van der Waals surface area contributed by atoms with Crippen LogP contribution in [0.4, 0.5) is 0 Å². The summed E-state index contributed by atoms with van der Waals surface area (Å²) in [7, 11) is 1.60. The highest BCUT2D eigenvalue weighted by atomic mass is 16.5. The Morgan fingerprint density at radius 2 is 2.00 bits per heavy atom. The molecule has 100 valence electrons. The number of nitriles is 2. The molecule has 2 aromatic rings. The highest BCUT2D eigenvalue weighted by molar-refractivity contribution is 5.38. The Kier molecular flexibility index (Phi) is 3.99. The molecule has 0 bridgehead atoms. The third-order valence-electron chi connectivity index (χ3n) is 3.07. The van der Waals surface area contributed by atoms with Crippen LogP contribution in [0.15, 0.2) is 30.6 Å². The van der Waals surface area contributed by atoms with Crippen molar-refractivity contribution >= 4 is 0 Å². The fourth-order valence-electron chi connectivity index (χ4n) is 2.03. The van der Waals surface area contributed by atoms with Gasteiger partial charge >= 0.3 is 0 Å². The van der Waals surface area contributed by atoms with E-state index in [9.17, 15) is 0 Å². The summed E-state index contributed by atoms with van der Waals surface area (Å²) in [5.41, 5.74) is 7.06. The predicted molar refractivity (Wildman–Crippen MR) is 71.8 cm³/mol. The summed E-state index contributed by atoms with van der Waals surface area (Å²) in [6.45, 7) is 0.294. The van der Waals surface area contributed by atoms with E-state index in [-0.39, 0.29) is 17.4 Å². The number of aromatic nitrogens is 2. The van der Waals surface area contributed by atoms with E-state index in [1.807, 2.05) is 36.4 Å². The highest BCUT2D eigenvalue weighted by Gasteiger charge is 2.18. The molecule has 20 heavy (non-hydrogen) atoms. The molecule has 0 saturated carbocycles. The van der Waals surface area contributed by atoms with Crippen molar-refractivity contribution < 1.29 is 4.74 Å². The van der Waals surface area contributed by atoms with Gasteiger partial charge in [0.1, 0.15) is 17.9 Å². The van der Waals surface area contributed by atoms with Crippen LogP contribution in [0, 0.1) is 22.7 Å². The van der Waals surface area contributed by atoms with Gasteiger partial charge in [-0.05, 0) is 17.7 Å². The Morgan fingerprint density at radius 3 is 2.50 bits per heavy atom. The molecular weight excluding hydrogens is 254 g/mol. The fourth-order valence-corrected chi connectivity index (χ4v) is 2.03. The maximum atomic E-state index is 9.17. The van der Waals surface area contributed by atoms with E-state index >= 15 is 0 Å². The van der Waals surface area contributed by atoms with Crippen molar-refractivity contribution in [2.24, 2.45) is 5.73 Å². The highest BCUT2D eigenvalue weighted by Crippen LogP contribution is 2.22. The standard InChI is InChI=1S/C14H13N5O/c1-20-11-4-2-10(3-5-11)13(7-16)19-9-18-12(6-15)14(19)8-17/h2-5,9,13H,7,16H2,1H3. The van der Waals surface area contributed by atoms with Gasteiger partial charge in [0.25, 0.3) is 0 Å². The summed E-state index contributed by atoms with van der Waals surface area (Å²) in [4.78, 5) is 3.93. The Balaban J connectivity index is 2.45. The average molecular weight is 267 g/mol. The normalized spacial score (nSPS) is 11.4. The molecule has 0 aliphatic carbocycles. The van der Waals surface area contributed by atoms with Gasteiger partial charge < -0.3 is 15.0 Å². The van der Waals surface area contributed by atoms with E-state index in [0.29, 0.717) is 6.54 Å². The second-order valence-electron chi connectivity index (χ2n) is 4.10. The first-order valence-corrected chi connectivity index (χ1v) is 5.96. The fraction of sp³-hybridized carbons (Fsp3) is 0.214. The van der Waals surface area contributed by atoms with Crippen molar-refractivity contribution in [1.82, 2.24) is 9.55 Å². The third kappa shape index (κ3) is 2.33. The quantitative estimate of drug-likeness (QED) is 0.896. The van der Waals surface area contributed by atoms with Crippen LogP contribution in [0.2, 0.25) is 0 Å². The van der Waals surface area contributed by atoms with Crippen LogP contribution in [0.1, 0.15) is 23.0 Å². The van der Waals surface area contributed by atoms with Gasteiger partial charge in [-0.3, -0.25) is 0 Å². The molecule has 1 aromatic heterocycles. The van der Waals surface area contributed by atoms with Crippen LogP contribution in [0.3, 0.4) is 0 Å². The summed E-state index contributed by atoms with van der Waals surface area (Å²) in [6.07, 6.45) is 1.47. The molecule has 0 saturated heterocycles. The minimum atomic E-state index is -0.245.